The van der Waals surface area contributed by atoms with Gasteiger partial charge in [-0.1, -0.05) is 35.5 Å². The van der Waals surface area contributed by atoms with Crippen molar-refractivity contribution >= 4 is 29.1 Å². The minimum atomic E-state index is -2.95. The maximum Gasteiger partial charge on any atom is 0.387 e. The molecule has 31 heavy (non-hydrogen) atoms. The number of hydrogen-bond donors (Lipinski definition) is 1. The predicted octanol–water partition coefficient (Wildman–Crippen LogP) is 3.84. The van der Waals surface area contributed by atoms with E-state index in [-0.39, 0.29) is 27.9 Å². The first-order chi connectivity index (χ1) is 14.8. The molecule has 0 bridgehead atoms. The van der Waals surface area contributed by atoms with Gasteiger partial charge in [0, 0.05) is 10.6 Å². The number of nitrogens with one attached hydrogen (secondary N) is 1. The number of aryl methyl sites for hydroxylation is 1. The Morgan fingerprint density at radius 3 is 2.48 bits per heavy atom. The summed E-state index contributed by atoms with van der Waals surface area (Å²) in [5.41, 5.74) is 3.96. The lowest BCUT2D eigenvalue weighted by Crippen LogP contribution is -2.45. The Kier molecular flexibility index (Phi) is 5.92. The number of fused-ring (bicyclic) bond motifs is 1. The van der Waals surface area contributed by atoms with E-state index in [0.717, 1.165) is 17.3 Å². The van der Waals surface area contributed by atoms with Gasteiger partial charge in [0.1, 0.15) is 16.7 Å². The van der Waals surface area contributed by atoms with Gasteiger partial charge in [0.25, 0.3) is 5.56 Å². The second-order valence-electron chi connectivity index (χ2n) is 6.67. The number of alkyl halides is 2. The Bertz CT molecular complexity index is 1170. The predicted molar refractivity (Wildman–Crippen MR) is 112 cm³/mol. The Morgan fingerprint density at radius 2 is 1.84 bits per heavy atom. The second-order valence-corrected chi connectivity index (χ2v) is 8.22. The molecular formula is C20H15ClF2N4O3S. The van der Waals surface area contributed by atoms with Crippen molar-refractivity contribution in [2.75, 3.05) is 5.43 Å². The molecule has 0 saturated heterocycles. The quantitative estimate of drug-likeness (QED) is 0.574. The van der Waals surface area contributed by atoms with E-state index >= 15 is 0 Å². The van der Waals surface area contributed by atoms with Crippen molar-refractivity contribution in [3.8, 4) is 5.75 Å². The molecule has 160 valence electrons. The van der Waals surface area contributed by atoms with Crippen LogP contribution in [-0.2, 0) is 0 Å². The number of ketones is 1. The third-order valence-corrected chi connectivity index (χ3v) is 6.11. The number of ether oxygens (including phenoxy) is 1. The SMILES string of the molecule is Cc1nnc2n(c1=O)NC(c1ccc(Cl)cc1)C(C(=O)c1ccc(OC(F)F)cc1)S2. The number of Topliss-reactive ketones (excluding diaryl/α,β-unsaturated/α-hetero) is 1. The fourth-order valence-corrected chi connectivity index (χ4v) is 4.40. The lowest BCUT2D eigenvalue weighted by molar-refractivity contribution is -0.0498. The first-order valence-electron chi connectivity index (χ1n) is 9.07. The zero-order valence-corrected chi connectivity index (χ0v) is 17.5. The van der Waals surface area contributed by atoms with Crippen molar-refractivity contribution in [2.45, 2.75) is 30.0 Å². The number of carbonyl (C=O) groups is 1. The van der Waals surface area contributed by atoms with Gasteiger partial charge in [-0.05, 0) is 48.9 Å². The van der Waals surface area contributed by atoms with Crippen molar-refractivity contribution < 1.29 is 18.3 Å². The van der Waals surface area contributed by atoms with Crippen LogP contribution in [0.2, 0.25) is 5.02 Å². The lowest BCUT2D eigenvalue weighted by Gasteiger charge is -2.33. The van der Waals surface area contributed by atoms with Crippen LogP contribution >= 0.6 is 23.4 Å². The average molecular weight is 465 g/mol. The molecular weight excluding hydrogens is 450 g/mol. The molecule has 11 heteroatoms. The first kappa shape index (κ1) is 21.3. The zero-order chi connectivity index (χ0) is 22.1. The van der Waals surface area contributed by atoms with E-state index in [1.165, 1.54) is 28.9 Å². The van der Waals surface area contributed by atoms with Crippen LogP contribution in [0, 0.1) is 6.92 Å². The minimum Gasteiger partial charge on any atom is -0.435 e. The zero-order valence-electron chi connectivity index (χ0n) is 16.0. The van der Waals surface area contributed by atoms with Gasteiger partial charge in [0.2, 0.25) is 5.16 Å². The third kappa shape index (κ3) is 4.40. The smallest absolute Gasteiger partial charge is 0.387 e. The molecule has 2 atom stereocenters. The molecule has 2 heterocycles. The second kappa shape index (κ2) is 8.64. The summed E-state index contributed by atoms with van der Waals surface area (Å²) in [5.74, 6) is -0.324. The van der Waals surface area contributed by atoms with Crippen LogP contribution in [0.15, 0.2) is 58.5 Å². The monoisotopic (exact) mass is 464 g/mol. The van der Waals surface area contributed by atoms with Gasteiger partial charge in [-0.15, -0.1) is 10.2 Å². The molecule has 4 rings (SSSR count). The van der Waals surface area contributed by atoms with E-state index < -0.39 is 17.9 Å². The summed E-state index contributed by atoms with van der Waals surface area (Å²) >= 11 is 7.09. The van der Waals surface area contributed by atoms with Crippen molar-refractivity contribution in [1.29, 1.82) is 0 Å². The van der Waals surface area contributed by atoms with Crippen LogP contribution in [0.3, 0.4) is 0 Å². The molecule has 0 radical (unpaired) electrons. The third-order valence-electron chi connectivity index (χ3n) is 4.64. The Hall–Kier alpha value is -2.98. The number of aromatic nitrogens is 3. The van der Waals surface area contributed by atoms with E-state index in [4.69, 9.17) is 11.6 Å². The summed E-state index contributed by atoms with van der Waals surface area (Å²) in [6.07, 6.45) is 0. The number of nitrogens with zero attached hydrogens (tertiary/aromatic N) is 3. The van der Waals surface area contributed by atoms with Gasteiger partial charge >= 0.3 is 6.61 Å². The summed E-state index contributed by atoms with van der Waals surface area (Å²) < 4.78 is 30.4. The van der Waals surface area contributed by atoms with Crippen LogP contribution in [-0.4, -0.2) is 32.5 Å². The van der Waals surface area contributed by atoms with E-state index in [1.807, 2.05) is 0 Å². The number of hydrogen-bond acceptors (Lipinski definition) is 7. The molecule has 0 saturated carbocycles. The van der Waals surface area contributed by atoms with Crippen LogP contribution in [0.5, 0.6) is 5.75 Å². The van der Waals surface area contributed by atoms with Crippen molar-refractivity contribution in [3.63, 3.8) is 0 Å². The number of carbonyl (C=O) groups excluding carboxylic acids is 1. The molecule has 0 aliphatic carbocycles. The lowest BCUT2D eigenvalue weighted by atomic mass is 9.97. The van der Waals surface area contributed by atoms with Gasteiger partial charge in [0.05, 0.1) is 6.04 Å². The summed E-state index contributed by atoms with van der Waals surface area (Å²) in [4.78, 5) is 25.9. The molecule has 3 aromatic rings. The fourth-order valence-electron chi connectivity index (χ4n) is 3.12. The highest BCUT2D eigenvalue weighted by molar-refractivity contribution is 8.00. The summed E-state index contributed by atoms with van der Waals surface area (Å²) in [6, 6.07) is 11.8. The van der Waals surface area contributed by atoms with Crippen LogP contribution in [0.4, 0.5) is 8.78 Å². The van der Waals surface area contributed by atoms with E-state index in [1.54, 1.807) is 31.2 Å². The van der Waals surface area contributed by atoms with Gasteiger partial charge in [-0.2, -0.15) is 13.5 Å². The van der Waals surface area contributed by atoms with E-state index in [2.05, 4.69) is 20.4 Å². The minimum absolute atomic E-state index is 0.0477. The molecule has 1 aliphatic rings. The number of benzene rings is 2. The van der Waals surface area contributed by atoms with Crippen LogP contribution in [0.25, 0.3) is 0 Å². The fraction of sp³-hybridized carbons (Fsp3) is 0.200. The highest BCUT2D eigenvalue weighted by Gasteiger charge is 2.37. The van der Waals surface area contributed by atoms with Gasteiger partial charge < -0.3 is 10.2 Å². The largest absolute Gasteiger partial charge is 0.435 e. The van der Waals surface area contributed by atoms with Gasteiger partial charge in [0.15, 0.2) is 5.78 Å². The van der Waals surface area contributed by atoms with Gasteiger partial charge in [-0.3, -0.25) is 9.59 Å². The molecule has 2 unspecified atom stereocenters. The maximum atomic E-state index is 13.3. The maximum absolute atomic E-state index is 13.3. The molecule has 0 fully saturated rings. The average Bonchev–Trinajstić information content (AvgIpc) is 2.76. The number of rotatable bonds is 5. The molecule has 7 nitrogen and oxygen atoms in total. The Morgan fingerprint density at radius 1 is 1.16 bits per heavy atom. The van der Waals surface area contributed by atoms with Gasteiger partial charge in [-0.25, -0.2) is 0 Å². The Labute approximate surface area is 184 Å². The molecule has 0 spiro atoms. The summed E-state index contributed by atoms with van der Waals surface area (Å²) in [6.45, 7) is -1.40. The number of halogens is 3. The van der Waals surface area contributed by atoms with Crippen LogP contribution < -0.4 is 15.7 Å². The Balaban J connectivity index is 1.72. The highest BCUT2D eigenvalue weighted by atomic mass is 35.5. The molecule has 2 aromatic carbocycles. The van der Waals surface area contributed by atoms with Crippen molar-refractivity contribution in [2.24, 2.45) is 0 Å². The van der Waals surface area contributed by atoms with E-state index in [0.29, 0.717) is 10.6 Å². The molecule has 1 N–H and O–H groups in total. The molecule has 1 aliphatic heterocycles. The van der Waals surface area contributed by atoms with Crippen molar-refractivity contribution in [1.82, 2.24) is 14.9 Å². The number of thioether (sulfide) groups is 1. The van der Waals surface area contributed by atoms with Crippen LogP contribution in [0.1, 0.15) is 27.7 Å². The first-order valence-corrected chi connectivity index (χ1v) is 10.3. The molecule has 0 amide bonds. The topological polar surface area (TPSA) is 86.1 Å². The summed E-state index contributed by atoms with van der Waals surface area (Å²) in [7, 11) is 0. The van der Waals surface area contributed by atoms with E-state index in [9.17, 15) is 18.4 Å². The molecule has 1 aromatic heterocycles. The highest BCUT2D eigenvalue weighted by Crippen LogP contribution is 2.37. The summed E-state index contributed by atoms with van der Waals surface area (Å²) in [5, 5.41) is 7.95. The van der Waals surface area contributed by atoms with Crippen molar-refractivity contribution in [3.05, 3.63) is 80.7 Å². The normalized spacial score (nSPS) is 17.7. The standard InChI is InChI=1S/C20H15ClF2N4O3S/c1-10-18(29)27-20(25-24-10)31-17(15(26-27)11-2-6-13(21)7-3-11)16(28)12-4-8-14(9-5-12)30-19(22)23/h2-9,15,17,19,26H,1H3.